The molecule has 3 heterocycles. The molecule has 4 bridgehead atoms. The molecule has 1 fully saturated rings. The summed E-state index contributed by atoms with van der Waals surface area (Å²) in [6.07, 6.45) is 2.12. The van der Waals surface area contributed by atoms with Gasteiger partial charge in [0.05, 0.1) is 31.5 Å². The zero-order valence-electron chi connectivity index (χ0n) is 22.3. The summed E-state index contributed by atoms with van der Waals surface area (Å²) in [6, 6.07) is 17.6. The van der Waals surface area contributed by atoms with E-state index in [0.717, 1.165) is 11.1 Å². The van der Waals surface area contributed by atoms with Crippen molar-refractivity contribution >= 4 is 17.7 Å². The van der Waals surface area contributed by atoms with Crippen molar-refractivity contribution in [2.75, 3.05) is 26.7 Å². The monoisotopic (exact) mass is 544 g/mol. The standard InChI is InChI=1S/C30H32N4O6/c1-33-18-28(36)32-26-17-34(30(38)25-10-9-22(35)16-31-25)13-12-27(26)39-19-21-5-3-7-24(15-21)40-23-6-2-4-20(14-23)8-11-29(33)37/h2-7,9-10,14-16,26-27,35H,8,11-13,17-19H2,1H3,(H,32,36)/t26-,27+/m0/s1. The van der Waals surface area contributed by atoms with Crippen LogP contribution in [-0.2, 0) is 27.4 Å². The van der Waals surface area contributed by atoms with E-state index in [4.69, 9.17) is 9.47 Å². The second-order valence-electron chi connectivity index (χ2n) is 10.1. The average molecular weight is 545 g/mol. The van der Waals surface area contributed by atoms with Gasteiger partial charge in [-0.3, -0.25) is 14.4 Å². The Morgan fingerprint density at radius 1 is 1.02 bits per heavy atom. The predicted octanol–water partition coefficient (Wildman–Crippen LogP) is 2.90. The number of nitrogens with one attached hydrogen (secondary N) is 1. The first-order valence-electron chi connectivity index (χ1n) is 13.3. The van der Waals surface area contributed by atoms with Gasteiger partial charge in [-0.25, -0.2) is 4.98 Å². The van der Waals surface area contributed by atoms with E-state index < -0.39 is 6.04 Å². The number of fused-ring (bicyclic) bond motifs is 5. The summed E-state index contributed by atoms with van der Waals surface area (Å²) in [4.78, 5) is 46.0. The number of ether oxygens (including phenoxy) is 2. The van der Waals surface area contributed by atoms with E-state index in [2.05, 4.69) is 10.3 Å². The molecule has 2 aromatic carbocycles. The molecule has 2 aliphatic rings. The van der Waals surface area contributed by atoms with Crippen molar-refractivity contribution in [2.45, 2.75) is 38.0 Å². The zero-order valence-corrected chi connectivity index (χ0v) is 22.3. The fourth-order valence-corrected chi connectivity index (χ4v) is 4.93. The average Bonchev–Trinajstić information content (AvgIpc) is 2.95. The largest absolute Gasteiger partial charge is 0.506 e. The molecular weight excluding hydrogens is 512 g/mol. The van der Waals surface area contributed by atoms with E-state index in [9.17, 15) is 19.5 Å². The maximum absolute atomic E-state index is 13.1. The molecule has 10 nitrogen and oxygen atoms in total. The molecule has 0 radical (unpaired) electrons. The van der Waals surface area contributed by atoms with Gasteiger partial charge in [-0.1, -0.05) is 24.3 Å². The topological polar surface area (TPSA) is 121 Å². The molecule has 5 rings (SSSR count). The number of benzene rings is 2. The van der Waals surface area contributed by atoms with Crippen LogP contribution in [0.4, 0.5) is 0 Å². The lowest BCUT2D eigenvalue weighted by molar-refractivity contribution is -0.135. The third kappa shape index (κ3) is 6.76. The fourth-order valence-electron chi connectivity index (χ4n) is 4.93. The molecule has 2 atom stereocenters. The predicted molar refractivity (Wildman–Crippen MR) is 146 cm³/mol. The molecular formula is C30H32N4O6. The van der Waals surface area contributed by atoms with E-state index in [1.165, 1.54) is 23.2 Å². The number of rotatable bonds is 1. The second-order valence-corrected chi connectivity index (χ2v) is 10.1. The Hall–Kier alpha value is -4.44. The summed E-state index contributed by atoms with van der Waals surface area (Å²) in [5.41, 5.74) is 2.08. The molecule has 3 amide bonds. The number of aromatic hydroxyl groups is 1. The Morgan fingerprint density at radius 2 is 1.77 bits per heavy atom. The summed E-state index contributed by atoms with van der Waals surface area (Å²) in [5.74, 6) is 0.541. The Bertz CT molecular complexity index is 1380. The SMILES string of the molecule is CN1CC(=O)N[C@H]2CN(C(=O)c3ccc(O)cn3)CC[C@H]2OCc2cccc(c2)Oc2cccc(c2)CCC1=O. The smallest absolute Gasteiger partial charge is 0.272 e. The molecule has 1 aromatic heterocycles. The van der Waals surface area contributed by atoms with Crippen LogP contribution < -0.4 is 10.1 Å². The summed E-state index contributed by atoms with van der Waals surface area (Å²) in [6.45, 7) is 0.810. The summed E-state index contributed by atoms with van der Waals surface area (Å²) < 4.78 is 12.4. The molecule has 0 aliphatic carbocycles. The van der Waals surface area contributed by atoms with Gasteiger partial charge < -0.3 is 29.7 Å². The summed E-state index contributed by atoms with van der Waals surface area (Å²) in [5, 5.41) is 12.5. The second kappa shape index (κ2) is 12.2. The van der Waals surface area contributed by atoms with Crippen molar-refractivity contribution in [1.29, 1.82) is 0 Å². The van der Waals surface area contributed by atoms with Gasteiger partial charge >= 0.3 is 0 Å². The molecule has 208 valence electrons. The number of amides is 3. The quantitative estimate of drug-likeness (QED) is 0.483. The number of nitrogens with zero attached hydrogens (tertiary/aromatic N) is 3. The molecule has 40 heavy (non-hydrogen) atoms. The number of carbonyl (C=O) groups excluding carboxylic acids is 3. The van der Waals surface area contributed by atoms with E-state index in [-0.39, 0.29) is 54.8 Å². The number of hydrogen-bond donors (Lipinski definition) is 2. The van der Waals surface area contributed by atoms with Gasteiger partial charge in [0, 0.05) is 26.6 Å². The van der Waals surface area contributed by atoms with Crippen molar-refractivity contribution in [3.8, 4) is 17.2 Å². The highest BCUT2D eigenvalue weighted by Gasteiger charge is 2.34. The molecule has 3 aromatic rings. The van der Waals surface area contributed by atoms with Crippen LogP contribution in [0, 0.1) is 0 Å². The lowest BCUT2D eigenvalue weighted by Crippen LogP contribution is -2.58. The zero-order chi connectivity index (χ0) is 28.1. The number of carbonyl (C=O) groups is 3. The van der Waals surface area contributed by atoms with Crippen molar-refractivity contribution < 1.29 is 29.0 Å². The number of pyridine rings is 1. The van der Waals surface area contributed by atoms with E-state index in [1.54, 1.807) is 11.9 Å². The Balaban J connectivity index is 1.37. The first-order valence-corrected chi connectivity index (χ1v) is 13.3. The Labute approximate surface area is 232 Å². The molecule has 10 heteroatoms. The first kappa shape index (κ1) is 27.1. The molecule has 2 N–H and O–H groups in total. The molecule has 1 saturated heterocycles. The third-order valence-corrected chi connectivity index (χ3v) is 7.08. The van der Waals surface area contributed by atoms with Crippen LogP contribution in [0.1, 0.15) is 34.5 Å². The highest BCUT2D eigenvalue weighted by Crippen LogP contribution is 2.25. The fraction of sp³-hybridized carbons (Fsp3) is 0.333. The number of aryl methyl sites for hydroxylation is 1. The van der Waals surface area contributed by atoms with Gasteiger partial charge in [0.2, 0.25) is 11.8 Å². The van der Waals surface area contributed by atoms with Gasteiger partial charge in [-0.05, 0) is 60.4 Å². The number of likely N-dealkylation sites (N-methyl/N-ethyl adjacent to an activating group) is 1. The highest BCUT2D eigenvalue weighted by atomic mass is 16.5. The van der Waals surface area contributed by atoms with Crippen LogP contribution in [0.15, 0.2) is 66.9 Å². The minimum absolute atomic E-state index is 0.0268. The van der Waals surface area contributed by atoms with Crippen molar-refractivity contribution in [2.24, 2.45) is 0 Å². The van der Waals surface area contributed by atoms with Crippen LogP contribution in [0.2, 0.25) is 0 Å². The first-order chi connectivity index (χ1) is 19.3. The maximum Gasteiger partial charge on any atom is 0.272 e. The lowest BCUT2D eigenvalue weighted by atomic mass is 10.0. The number of piperidine rings is 1. The van der Waals surface area contributed by atoms with Gasteiger partial charge in [-0.15, -0.1) is 0 Å². The van der Waals surface area contributed by atoms with Gasteiger partial charge in [0.1, 0.15) is 22.9 Å². The Kier molecular flexibility index (Phi) is 8.26. The van der Waals surface area contributed by atoms with Crippen LogP contribution in [0.25, 0.3) is 0 Å². The van der Waals surface area contributed by atoms with Crippen LogP contribution in [0.5, 0.6) is 17.2 Å². The molecule has 2 aliphatic heterocycles. The van der Waals surface area contributed by atoms with Crippen molar-refractivity contribution in [3.05, 3.63) is 83.7 Å². The van der Waals surface area contributed by atoms with Crippen LogP contribution >= 0.6 is 0 Å². The molecule has 0 spiro atoms. The van der Waals surface area contributed by atoms with E-state index >= 15 is 0 Å². The number of likely N-dealkylation sites (tertiary alicyclic amines) is 1. The normalized spacial score (nSPS) is 20.4. The van der Waals surface area contributed by atoms with Crippen LogP contribution in [-0.4, -0.2) is 76.4 Å². The number of aromatic nitrogens is 1. The highest BCUT2D eigenvalue weighted by molar-refractivity contribution is 5.92. The van der Waals surface area contributed by atoms with Crippen molar-refractivity contribution in [3.63, 3.8) is 0 Å². The number of hydrogen-bond acceptors (Lipinski definition) is 7. The molecule has 0 saturated carbocycles. The van der Waals surface area contributed by atoms with Crippen molar-refractivity contribution in [1.82, 2.24) is 20.1 Å². The maximum atomic E-state index is 13.1. The van der Waals surface area contributed by atoms with E-state index in [0.29, 0.717) is 37.5 Å². The minimum atomic E-state index is -0.496. The van der Waals surface area contributed by atoms with Gasteiger partial charge in [-0.2, -0.15) is 0 Å². The lowest BCUT2D eigenvalue weighted by Gasteiger charge is -2.39. The third-order valence-electron chi connectivity index (χ3n) is 7.08. The van der Waals surface area contributed by atoms with Gasteiger partial charge in [0.15, 0.2) is 0 Å². The van der Waals surface area contributed by atoms with E-state index in [1.807, 2.05) is 48.5 Å². The molecule has 0 unspecified atom stereocenters. The summed E-state index contributed by atoms with van der Waals surface area (Å²) in [7, 11) is 1.60. The van der Waals surface area contributed by atoms with Crippen LogP contribution in [0.3, 0.4) is 0 Å². The minimum Gasteiger partial charge on any atom is -0.506 e. The summed E-state index contributed by atoms with van der Waals surface area (Å²) >= 11 is 0. The van der Waals surface area contributed by atoms with Gasteiger partial charge in [0.25, 0.3) is 5.91 Å². The Morgan fingerprint density at radius 3 is 2.52 bits per heavy atom.